The van der Waals surface area contributed by atoms with Crippen LogP contribution in [-0.2, 0) is 21.9 Å². The second kappa shape index (κ2) is 6.19. The molecule has 0 aromatic carbocycles. The molecule has 112 valence electrons. The highest BCUT2D eigenvalue weighted by Gasteiger charge is 2.29. The van der Waals surface area contributed by atoms with E-state index in [0.717, 1.165) is 4.31 Å². The van der Waals surface area contributed by atoms with Gasteiger partial charge in [0.2, 0.25) is 0 Å². The Labute approximate surface area is 118 Å². The monoisotopic (exact) mass is 301 g/mol. The lowest BCUT2D eigenvalue weighted by molar-refractivity contribution is -0.137. The van der Waals surface area contributed by atoms with Crippen molar-refractivity contribution >= 4 is 16.0 Å². The molecule has 0 spiro atoms. The van der Waals surface area contributed by atoms with Crippen LogP contribution in [0.5, 0.6) is 0 Å². The minimum absolute atomic E-state index is 0.0660. The van der Waals surface area contributed by atoms with E-state index in [1.807, 2.05) is 13.8 Å². The van der Waals surface area contributed by atoms with Crippen molar-refractivity contribution in [3.8, 4) is 0 Å². The highest BCUT2D eigenvalue weighted by Crippen LogP contribution is 2.19. The highest BCUT2D eigenvalue weighted by atomic mass is 32.2. The third-order valence-electron chi connectivity index (χ3n) is 2.66. The van der Waals surface area contributed by atoms with E-state index in [1.165, 1.54) is 12.3 Å². The number of hydrogen-bond acceptors (Lipinski definition) is 4. The summed E-state index contributed by atoms with van der Waals surface area (Å²) in [4.78, 5) is 14.9. The topological polar surface area (TPSA) is 92.5 Å². The van der Waals surface area contributed by atoms with Crippen molar-refractivity contribution in [3.63, 3.8) is 0 Å². The molecule has 0 amide bonds. The van der Waals surface area contributed by atoms with E-state index >= 15 is 0 Å². The van der Waals surface area contributed by atoms with Gasteiger partial charge in [0.25, 0.3) is 10.0 Å². The summed E-state index contributed by atoms with van der Waals surface area (Å²) in [7, 11) is -2.24. The minimum Gasteiger partial charge on any atom is -0.480 e. The smallest absolute Gasteiger partial charge is 0.318 e. The maximum Gasteiger partial charge on any atom is 0.318 e. The van der Waals surface area contributed by atoms with Gasteiger partial charge < -0.3 is 9.67 Å². The molecular formula is C12H19N3O4S. The van der Waals surface area contributed by atoms with Crippen LogP contribution in [-0.4, -0.2) is 46.4 Å². The number of imidazole rings is 1. The van der Waals surface area contributed by atoms with Gasteiger partial charge in [0, 0.05) is 25.7 Å². The summed E-state index contributed by atoms with van der Waals surface area (Å²) in [6, 6.07) is 0. The molecule has 0 atom stereocenters. The number of carbonyl (C=O) groups is 1. The number of carboxylic acids is 1. The van der Waals surface area contributed by atoms with Crippen LogP contribution in [0.25, 0.3) is 0 Å². The van der Waals surface area contributed by atoms with Crippen molar-refractivity contribution in [2.45, 2.75) is 24.8 Å². The van der Waals surface area contributed by atoms with Gasteiger partial charge in [0.05, 0.1) is 0 Å². The van der Waals surface area contributed by atoms with Gasteiger partial charge in [-0.1, -0.05) is 19.9 Å². The second-order valence-electron chi connectivity index (χ2n) is 4.68. The molecule has 0 aliphatic heterocycles. The fourth-order valence-electron chi connectivity index (χ4n) is 1.79. The Morgan fingerprint density at radius 3 is 2.60 bits per heavy atom. The molecule has 0 radical (unpaired) electrons. The Hall–Kier alpha value is -1.67. The number of sulfonamides is 1. The molecule has 0 aliphatic carbocycles. The molecule has 1 rings (SSSR count). The predicted molar refractivity (Wildman–Crippen MR) is 73.9 cm³/mol. The Morgan fingerprint density at radius 1 is 1.60 bits per heavy atom. The van der Waals surface area contributed by atoms with Crippen molar-refractivity contribution in [2.24, 2.45) is 7.05 Å². The number of rotatable bonds is 7. The van der Waals surface area contributed by atoms with E-state index in [-0.39, 0.29) is 17.5 Å². The van der Waals surface area contributed by atoms with Crippen molar-refractivity contribution in [3.05, 3.63) is 24.7 Å². The first-order valence-electron chi connectivity index (χ1n) is 6.06. The predicted octanol–water partition coefficient (Wildman–Crippen LogP) is 0.805. The van der Waals surface area contributed by atoms with Crippen LogP contribution < -0.4 is 0 Å². The Kier molecular flexibility index (Phi) is 5.07. The lowest BCUT2D eigenvalue weighted by Gasteiger charge is -2.16. The van der Waals surface area contributed by atoms with Crippen LogP contribution in [0.1, 0.15) is 25.6 Å². The number of aryl methyl sites for hydroxylation is 1. The Morgan fingerprint density at radius 2 is 2.20 bits per heavy atom. The van der Waals surface area contributed by atoms with Gasteiger partial charge in [-0.15, -0.1) is 6.58 Å². The fourth-order valence-corrected chi connectivity index (χ4v) is 3.13. The first-order valence-corrected chi connectivity index (χ1v) is 7.50. The third-order valence-corrected chi connectivity index (χ3v) is 4.34. The lowest BCUT2D eigenvalue weighted by Crippen LogP contribution is -2.36. The summed E-state index contributed by atoms with van der Waals surface area (Å²) in [5, 5.41) is 8.66. The largest absolute Gasteiger partial charge is 0.480 e. The van der Waals surface area contributed by atoms with Crippen molar-refractivity contribution in [1.29, 1.82) is 0 Å². The van der Waals surface area contributed by atoms with Gasteiger partial charge in [-0.25, -0.2) is 13.4 Å². The lowest BCUT2D eigenvalue weighted by atomic mass is 10.2. The summed E-state index contributed by atoms with van der Waals surface area (Å²) in [5.41, 5.74) is 0. The molecule has 0 fully saturated rings. The summed E-state index contributed by atoms with van der Waals surface area (Å²) < 4.78 is 27.2. The molecule has 0 unspecified atom stereocenters. The SMILES string of the molecule is C=CCN(CC(=O)O)S(=O)(=O)c1cn(C)c(C(C)C)n1. The van der Waals surface area contributed by atoms with Gasteiger partial charge in [0.1, 0.15) is 12.4 Å². The third kappa shape index (κ3) is 3.45. The molecule has 0 saturated carbocycles. The van der Waals surface area contributed by atoms with Gasteiger partial charge >= 0.3 is 5.97 Å². The standard InChI is InChI=1S/C12H19N3O4S/c1-5-6-15(8-11(16)17)20(18,19)10-7-14(4)12(13-10)9(2)3/h5,7,9H,1,6,8H2,2-4H3,(H,16,17). The quantitative estimate of drug-likeness (QED) is 0.752. The molecule has 0 saturated heterocycles. The van der Waals surface area contributed by atoms with Crippen LogP contribution >= 0.6 is 0 Å². The van der Waals surface area contributed by atoms with Gasteiger partial charge in [0.15, 0.2) is 5.03 Å². The number of aromatic nitrogens is 2. The maximum absolute atomic E-state index is 12.4. The van der Waals surface area contributed by atoms with E-state index < -0.39 is 22.5 Å². The van der Waals surface area contributed by atoms with E-state index in [0.29, 0.717) is 5.82 Å². The fraction of sp³-hybridized carbons (Fsp3) is 0.500. The summed E-state index contributed by atoms with van der Waals surface area (Å²) in [5.74, 6) is -0.538. The van der Waals surface area contributed by atoms with Crippen molar-refractivity contribution < 1.29 is 18.3 Å². The molecule has 1 aromatic rings. The zero-order chi connectivity index (χ0) is 15.5. The van der Waals surface area contributed by atoms with E-state index in [2.05, 4.69) is 11.6 Å². The molecule has 0 aliphatic rings. The number of hydrogen-bond donors (Lipinski definition) is 1. The van der Waals surface area contributed by atoms with Crippen LogP contribution in [0.4, 0.5) is 0 Å². The molecule has 1 aromatic heterocycles. The van der Waals surface area contributed by atoms with Crippen LogP contribution in [0, 0.1) is 0 Å². The average Bonchev–Trinajstić information content (AvgIpc) is 2.71. The summed E-state index contributed by atoms with van der Waals surface area (Å²) in [6.07, 6.45) is 2.73. The zero-order valence-electron chi connectivity index (χ0n) is 11.8. The molecule has 0 bridgehead atoms. The van der Waals surface area contributed by atoms with E-state index in [1.54, 1.807) is 11.6 Å². The number of carboxylic acid groups (broad SMARTS) is 1. The van der Waals surface area contributed by atoms with Crippen molar-refractivity contribution in [1.82, 2.24) is 13.9 Å². The van der Waals surface area contributed by atoms with Crippen LogP contribution in [0.3, 0.4) is 0 Å². The summed E-state index contributed by atoms with van der Waals surface area (Å²) in [6.45, 7) is 6.54. The molecule has 7 nitrogen and oxygen atoms in total. The first-order chi connectivity index (χ1) is 9.20. The normalized spacial score (nSPS) is 12.1. The second-order valence-corrected chi connectivity index (χ2v) is 6.57. The van der Waals surface area contributed by atoms with Crippen molar-refractivity contribution in [2.75, 3.05) is 13.1 Å². The Bertz CT molecular complexity index is 604. The zero-order valence-corrected chi connectivity index (χ0v) is 12.6. The van der Waals surface area contributed by atoms with Gasteiger partial charge in [-0.3, -0.25) is 4.79 Å². The maximum atomic E-state index is 12.4. The first kappa shape index (κ1) is 16.4. The highest BCUT2D eigenvalue weighted by molar-refractivity contribution is 7.89. The molecule has 8 heteroatoms. The molecular weight excluding hydrogens is 282 g/mol. The van der Waals surface area contributed by atoms with Crippen LogP contribution in [0.15, 0.2) is 23.9 Å². The molecule has 20 heavy (non-hydrogen) atoms. The average molecular weight is 301 g/mol. The van der Waals surface area contributed by atoms with E-state index in [9.17, 15) is 13.2 Å². The molecule has 1 heterocycles. The van der Waals surface area contributed by atoms with Crippen LogP contribution in [0.2, 0.25) is 0 Å². The summed E-state index contributed by atoms with van der Waals surface area (Å²) >= 11 is 0. The van der Waals surface area contributed by atoms with Gasteiger partial charge in [-0.05, 0) is 0 Å². The number of aliphatic carboxylic acids is 1. The molecule has 1 N–H and O–H groups in total. The minimum atomic E-state index is -3.94. The van der Waals surface area contributed by atoms with Gasteiger partial charge in [-0.2, -0.15) is 4.31 Å². The Balaban J connectivity index is 3.22. The van der Waals surface area contributed by atoms with E-state index in [4.69, 9.17) is 5.11 Å². The number of nitrogens with zero attached hydrogens (tertiary/aromatic N) is 3.